The monoisotopic (exact) mass is 863 g/mol. The Morgan fingerprint density at radius 3 is 2.43 bits per heavy atom. The lowest BCUT2D eigenvalue weighted by molar-refractivity contribution is -0.716. The van der Waals surface area contributed by atoms with Gasteiger partial charge in [-0.1, -0.05) is 135 Å². The number of benzene rings is 6. The fraction of sp³-hybridized carbons (Fsp3) is 0.233. The van der Waals surface area contributed by atoms with Crippen molar-refractivity contribution >= 4 is 68.3 Å². The van der Waals surface area contributed by atoms with E-state index in [2.05, 4.69) is 207 Å². The summed E-state index contributed by atoms with van der Waals surface area (Å²) in [5.41, 5.74) is 18.3. The average molecular weight is 864 g/mol. The van der Waals surface area contributed by atoms with Crippen molar-refractivity contribution in [2.75, 3.05) is 0 Å². The first-order valence-corrected chi connectivity index (χ1v) is 27.1. The lowest BCUT2D eigenvalue weighted by Gasteiger charge is -2.33. The molecule has 0 fully saturated rings. The first-order valence-electron chi connectivity index (χ1n) is 23.6. The molecule has 0 radical (unpaired) electrons. The Morgan fingerprint density at radius 2 is 1.60 bits per heavy atom. The second kappa shape index (κ2) is 14.5. The van der Waals surface area contributed by atoms with Crippen LogP contribution in [0.2, 0.25) is 19.6 Å². The number of fused-ring (bicyclic) bond motifs is 16. The van der Waals surface area contributed by atoms with Crippen molar-refractivity contribution in [3.05, 3.63) is 186 Å². The van der Waals surface area contributed by atoms with Crippen LogP contribution in [0.4, 0.5) is 0 Å². The van der Waals surface area contributed by atoms with Crippen LogP contribution in [0.1, 0.15) is 66.5 Å². The molecule has 5 heteroatoms. The van der Waals surface area contributed by atoms with Gasteiger partial charge in [-0.2, -0.15) is 9.13 Å². The average Bonchev–Trinajstić information content (AvgIpc) is 3.93. The maximum Gasteiger partial charge on any atom is 0.295 e. The van der Waals surface area contributed by atoms with Crippen LogP contribution >= 0.6 is 0 Å². The van der Waals surface area contributed by atoms with Gasteiger partial charge in [0, 0.05) is 33.4 Å². The maximum atomic E-state index is 6.88. The second-order valence-electron chi connectivity index (χ2n) is 20.7. The summed E-state index contributed by atoms with van der Waals surface area (Å²) >= 11 is 0. The zero-order valence-electron chi connectivity index (χ0n) is 38.8. The van der Waals surface area contributed by atoms with Gasteiger partial charge in [-0.15, -0.1) is 0 Å². The van der Waals surface area contributed by atoms with Crippen molar-refractivity contribution in [2.45, 2.75) is 85.1 Å². The highest BCUT2D eigenvalue weighted by molar-refractivity contribution is 6.88. The van der Waals surface area contributed by atoms with Crippen molar-refractivity contribution in [2.24, 2.45) is 5.41 Å². The predicted octanol–water partition coefficient (Wildman–Crippen LogP) is 14.0. The third-order valence-electron chi connectivity index (χ3n) is 15.4. The van der Waals surface area contributed by atoms with Crippen molar-refractivity contribution in [3.8, 4) is 22.6 Å². The Morgan fingerprint density at radius 1 is 0.815 bits per heavy atom. The quantitative estimate of drug-likeness (QED) is 0.128. The number of rotatable bonds is 4. The number of hydrogen-bond acceptors (Lipinski definition) is 1. The minimum atomic E-state index is -1.67. The number of aryl methyl sites for hydroxylation is 3. The summed E-state index contributed by atoms with van der Waals surface area (Å²) in [5, 5.41) is 6.45. The topological polar surface area (TPSA) is 25.8 Å². The van der Waals surface area contributed by atoms with E-state index in [4.69, 9.17) is 11.0 Å². The van der Waals surface area contributed by atoms with Gasteiger partial charge in [0.25, 0.3) is 5.82 Å². The van der Waals surface area contributed by atoms with E-state index >= 15 is 0 Å². The summed E-state index contributed by atoms with van der Waals surface area (Å²) in [4.78, 5) is 0. The minimum absolute atomic E-state index is 0.168. The molecule has 9 aromatic rings. The largest absolute Gasteiger partial charge is 0.456 e. The summed E-state index contributed by atoms with van der Waals surface area (Å²) in [6.07, 6.45) is 10.2. The zero-order valence-corrected chi connectivity index (χ0v) is 39.8. The number of allylic oxidation sites excluding steroid dienone is 5. The number of nitrogens with zero attached hydrogens (tertiary/aromatic N) is 3. The summed E-state index contributed by atoms with van der Waals surface area (Å²) in [7, 11) is -1.67. The number of imidazole rings is 1. The fourth-order valence-corrected chi connectivity index (χ4v) is 13.0. The first-order chi connectivity index (χ1) is 31.3. The third kappa shape index (κ3) is 6.22. The molecule has 3 aliphatic rings. The number of hydrogen-bond donors (Lipinski definition) is 0. The molecule has 6 aromatic carbocycles. The zero-order chi connectivity index (χ0) is 44.5. The van der Waals surface area contributed by atoms with Crippen LogP contribution in [0.5, 0.6) is 0 Å². The number of furan rings is 1. The molecule has 3 atom stereocenters. The molecule has 320 valence electrons. The van der Waals surface area contributed by atoms with Crippen LogP contribution in [0.25, 0.3) is 77.7 Å². The van der Waals surface area contributed by atoms with Gasteiger partial charge >= 0.3 is 0 Å². The van der Waals surface area contributed by atoms with Crippen molar-refractivity contribution in [1.29, 1.82) is 0 Å². The predicted molar refractivity (Wildman–Crippen MR) is 273 cm³/mol. The molecule has 5 heterocycles. The van der Waals surface area contributed by atoms with Crippen molar-refractivity contribution < 1.29 is 13.6 Å². The highest BCUT2D eigenvalue weighted by Crippen LogP contribution is 2.49. The Kier molecular flexibility index (Phi) is 8.90. The molecule has 0 spiro atoms. The van der Waals surface area contributed by atoms with Gasteiger partial charge in [0.2, 0.25) is 5.69 Å². The number of pyridine rings is 1. The summed E-state index contributed by atoms with van der Waals surface area (Å²) in [5.74, 6) is 1.45. The molecular formula is C60H57N3OSi+2. The molecule has 0 saturated carbocycles. The Hall–Kier alpha value is -6.56. The smallest absolute Gasteiger partial charge is 0.295 e. The van der Waals surface area contributed by atoms with E-state index in [9.17, 15) is 0 Å². The molecule has 3 unspecified atom stereocenters. The van der Waals surface area contributed by atoms with Gasteiger partial charge in [-0.25, -0.2) is 4.57 Å². The van der Waals surface area contributed by atoms with Crippen LogP contribution in [0.15, 0.2) is 162 Å². The molecule has 0 amide bonds. The van der Waals surface area contributed by atoms with Crippen LogP contribution in [-0.2, 0) is 13.0 Å². The highest BCUT2D eigenvalue weighted by atomic mass is 28.3. The van der Waals surface area contributed by atoms with Crippen molar-refractivity contribution in [1.82, 2.24) is 4.57 Å². The SMILES string of the molecule is C=C1CC2C(CCc3cc4oc5c(C)cc(C)cc5c4cc3-c3n1c1ccccc1[n+]3CC1(C)C=C(c3ccccc3)C=C1C)c1ccc3ccccc3c1-c1ccc([Si](C)(C)C)c[n+]12. The van der Waals surface area contributed by atoms with Gasteiger partial charge in [-0.3, -0.25) is 0 Å². The fourth-order valence-electron chi connectivity index (χ4n) is 11.9. The van der Waals surface area contributed by atoms with Crippen molar-refractivity contribution in [3.63, 3.8) is 0 Å². The van der Waals surface area contributed by atoms with Crippen LogP contribution in [0.3, 0.4) is 0 Å². The molecular weight excluding hydrogens is 807 g/mol. The molecule has 3 aromatic heterocycles. The van der Waals surface area contributed by atoms with Gasteiger partial charge < -0.3 is 4.42 Å². The van der Waals surface area contributed by atoms with Gasteiger partial charge in [-0.05, 0) is 115 Å². The van der Waals surface area contributed by atoms with Crippen LogP contribution in [0, 0.1) is 19.3 Å². The molecule has 65 heavy (non-hydrogen) atoms. The number of para-hydroxylation sites is 2. The highest BCUT2D eigenvalue weighted by Gasteiger charge is 2.45. The first kappa shape index (κ1) is 40.0. The maximum absolute atomic E-state index is 6.88. The normalized spacial score (nSPS) is 19.5. The van der Waals surface area contributed by atoms with Gasteiger partial charge in [0.1, 0.15) is 23.4 Å². The molecule has 4 nitrogen and oxygen atoms in total. The molecule has 1 aliphatic carbocycles. The Balaban J connectivity index is 1.13. The van der Waals surface area contributed by atoms with Gasteiger partial charge in [0.05, 0.1) is 25.6 Å². The summed E-state index contributed by atoms with van der Waals surface area (Å²) in [6.45, 7) is 22.5. The minimum Gasteiger partial charge on any atom is -0.456 e. The molecule has 0 N–H and O–H groups in total. The Labute approximate surface area is 383 Å². The number of aromatic nitrogens is 3. The van der Waals surface area contributed by atoms with Crippen LogP contribution < -0.4 is 14.3 Å². The third-order valence-corrected chi connectivity index (χ3v) is 17.4. The summed E-state index contributed by atoms with van der Waals surface area (Å²) < 4.78 is 14.8. The Bertz CT molecular complexity index is 3560. The molecule has 0 saturated heterocycles. The molecule has 2 aliphatic heterocycles. The van der Waals surface area contributed by atoms with Gasteiger partial charge in [0.15, 0.2) is 23.3 Å². The van der Waals surface area contributed by atoms with E-state index in [1.165, 1.54) is 99.4 Å². The summed E-state index contributed by atoms with van der Waals surface area (Å²) in [6, 6.07) is 48.2. The lowest BCUT2D eigenvalue weighted by Crippen LogP contribution is -2.53. The second-order valence-corrected chi connectivity index (χ2v) is 25.8. The van der Waals surface area contributed by atoms with E-state index in [0.29, 0.717) is 0 Å². The van der Waals surface area contributed by atoms with E-state index in [-0.39, 0.29) is 17.4 Å². The lowest BCUT2D eigenvalue weighted by atomic mass is 9.76. The van der Waals surface area contributed by atoms with E-state index in [1.54, 1.807) is 0 Å². The van der Waals surface area contributed by atoms with E-state index in [1.807, 2.05) is 0 Å². The van der Waals surface area contributed by atoms with Crippen LogP contribution in [-0.4, -0.2) is 12.6 Å². The molecule has 0 bridgehead atoms. The van der Waals surface area contributed by atoms with E-state index < -0.39 is 8.07 Å². The standard InChI is InChI=1S/C60H57N3OSi/c1-37-28-38(2)58-51(29-37)50-33-49-43(32-56(50)64-58)23-25-47-48-26-22-42-18-12-13-19-46(42)57(48)54-27-24-45(65(6,7)8)35-61(54)55(47)31-40(4)63-53-21-15-14-20-52(53)62(59(49)63)36-60(5)34-44(30-39(60)3)41-16-10-9-11-17-41/h9-22,24,26-30,32-35,47,55H,4,23,25,31,36H2,1-3,5-8H3/q+2. The van der Waals surface area contributed by atoms with E-state index in [0.717, 1.165) is 42.7 Å². The molecule has 12 rings (SSSR count).